The number of methoxy groups -OCH3 is 1. The van der Waals surface area contributed by atoms with E-state index in [1.54, 1.807) is 24.0 Å². The van der Waals surface area contributed by atoms with Crippen LogP contribution < -0.4 is 10.1 Å². The van der Waals surface area contributed by atoms with E-state index < -0.39 is 12.5 Å². The first-order valence-electron chi connectivity index (χ1n) is 8.20. The van der Waals surface area contributed by atoms with Crippen LogP contribution in [0, 0.1) is 0 Å². The van der Waals surface area contributed by atoms with Crippen LogP contribution in [-0.4, -0.2) is 44.1 Å². The number of alkyl halides is 2. The molecule has 0 bridgehead atoms. The van der Waals surface area contributed by atoms with Gasteiger partial charge in [-0.25, -0.2) is 28.2 Å². The predicted octanol–water partition coefficient (Wildman–Crippen LogP) is 3.42. The molecule has 1 N–H and O–H groups in total. The van der Waals surface area contributed by atoms with Crippen LogP contribution in [-0.2, 0) is 0 Å². The van der Waals surface area contributed by atoms with Crippen molar-refractivity contribution in [2.24, 2.45) is 0 Å². The van der Waals surface area contributed by atoms with Crippen LogP contribution in [0.5, 0.6) is 5.88 Å². The largest absolute Gasteiger partial charge is 0.480 e. The highest BCUT2D eigenvalue weighted by Crippen LogP contribution is 2.30. The highest BCUT2D eigenvalue weighted by molar-refractivity contribution is 5.91. The van der Waals surface area contributed by atoms with Crippen LogP contribution in [0.4, 0.5) is 14.7 Å². The van der Waals surface area contributed by atoms with Gasteiger partial charge < -0.3 is 10.1 Å². The molecule has 4 aromatic rings. The van der Waals surface area contributed by atoms with Crippen LogP contribution in [0.3, 0.4) is 0 Å². The standard InChI is InChI=1S/C18H16F2N6O/c1-18(19,20)9-22-17-21-8-15-12(5-6-26(15)25-17)11-3-4-14-13(7-11)16(27-2)24-10-23-14/h3-8,10H,9H2,1-2H3,(H,22,25). The van der Waals surface area contributed by atoms with Gasteiger partial charge in [0.05, 0.1) is 36.3 Å². The summed E-state index contributed by atoms with van der Waals surface area (Å²) in [4.78, 5) is 12.5. The number of rotatable bonds is 5. The summed E-state index contributed by atoms with van der Waals surface area (Å²) in [7, 11) is 1.56. The van der Waals surface area contributed by atoms with Gasteiger partial charge in [-0.3, -0.25) is 0 Å². The maximum absolute atomic E-state index is 13.0. The molecule has 0 spiro atoms. The predicted molar refractivity (Wildman–Crippen MR) is 97.2 cm³/mol. The van der Waals surface area contributed by atoms with Crippen molar-refractivity contribution in [2.45, 2.75) is 12.8 Å². The number of anilines is 1. The second kappa shape index (κ2) is 6.42. The van der Waals surface area contributed by atoms with Crippen molar-refractivity contribution in [3.8, 4) is 17.0 Å². The molecule has 0 fully saturated rings. The molecular formula is C18H16F2N6O. The van der Waals surface area contributed by atoms with Crippen molar-refractivity contribution in [3.63, 3.8) is 0 Å². The number of ether oxygens (including phenoxy) is 1. The first-order valence-corrected chi connectivity index (χ1v) is 8.20. The molecule has 0 amide bonds. The third kappa shape index (κ3) is 3.35. The SMILES string of the molecule is COc1ncnc2ccc(-c3ccn4nc(NCC(C)(F)F)ncc34)cc12. The lowest BCUT2D eigenvalue weighted by atomic mass is 10.1. The fraction of sp³-hybridized carbons (Fsp3) is 0.222. The normalized spacial score (nSPS) is 11.9. The van der Waals surface area contributed by atoms with E-state index in [-0.39, 0.29) is 5.95 Å². The van der Waals surface area contributed by atoms with Crippen molar-refractivity contribution in [1.82, 2.24) is 24.6 Å². The van der Waals surface area contributed by atoms with E-state index in [4.69, 9.17) is 4.74 Å². The Kier molecular flexibility index (Phi) is 4.06. The third-order valence-corrected chi connectivity index (χ3v) is 4.08. The van der Waals surface area contributed by atoms with Crippen molar-refractivity contribution in [2.75, 3.05) is 19.0 Å². The van der Waals surface area contributed by atoms with Crippen LogP contribution in [0.15, 0.2) is 43.0 Å². The van der Waals surface area contributed by atoms with Crippen molar-refractivity contribution < 1.29 is 13.5 Å². The molecule has 9 heteroatoms. The monoisotopic (exact) mass is 370 g/mol. The van der Waals surface area contributed by atoms with E-state index in [2.05, 4.69) is 25.4 Å². The van der Waals surface area contributed by atoms with E-state index in [0.717, 1.165) is 34.5 Å². The molecule has 3 aromatic heterocycles. The first-order chi connectivity index (χ1) is 12.9. The van der Waals surface area contributed by atoms with Crippen molar-refractivity contribution in [3.05, 3.63) is 43.0 Å². The zero-order valence-corrected chi connectivity index (χ0v) is 14.6. The summed E-state index contributed by atoms with van der Waals surface area (Å²) >= 11 is 0. The quantitative estimate of drug-likeness (QED) is 0.580. The minimum atomic E-state index is -2.84. The van der Waals surface area contributed by atoms with Crippen LogP contribution >= 0.6 is 0 Å². The van der Waals surface area contributed by atoms with Gasteiger partial charge >= 0.3 is 0 Å². The van der Waals surface area contributed by atoms with Gasteiger partial charge in [0.1, 0.15) is 6.33 Å². The molecule has 0 unspecified atom stereocenters. The topological polar surface area (TPSA) is 77.2 Å². The second-order valence-corrected chi connectivity index (χ2v) is 6.18. The molecule has 0 atom stereocenters. The van der Waals surface area contributed by atoms with E-state index in [9.17, 15) is 8.78 Å². The van der Waals surface area contributed by atoms with E-state index in [0.29, 0.717) is 5.88 Å². The Bertz CT molecular complexity index is 1120. The number of hydrogen-bond acceptors (Lipinski definition) is 6. The summed E-state index contributed by atoms with van der Waals surface area (Å²) in [6.07, 6.45) is 4.81. The van der Waals surface area contributed by atoms with Gasteiger partial charge in [-0.15, -0.1) is 5.10 Å². The van der Waals surface area contributed by atoms with Gasteiger partial charge in [-0.05, 0) is 23.8 Å². The van der Waals surface area contributed by atoms with Gasteiger partial charge in [0.25, 0.3) is 5.92 Å². The summed E-state index contributed by atoms with van der Waals surface area (Å²) in [5.41, 5.74) is 3.34. The molecule has 0 aliphatic rings. The summed E-state index contributed by atoms with van der Waals surface area (Å²) in [6, 6.07) is 7.65. The Morgan fingerprint density at radius 3 is 2.81 bits per heavy atom. The zero-order valence-electron chi connectivity index (χ0n) is 14.6. The lowest BCUT2D eigenvalue weighted by Crippen LogP contribution is -2.24. The highest BCUT2D eigenvalue weighted by Gasteiger charge is 2.21. The number of benzene rings is 1. The minimum absolute atomic E-state index is 0.139. The van der Waals surface area contributed by atoms with Gasteiger partial charge in [0, 0.05) is 18.7 Å². The van der Waals surface area contributed by atoms with Gasteiger partial charge in [0.2, 0.25) is 11.8 Å². The maximum Gasteiger partial charge on any atom is 0.262 e. The van der Waals surface area contributed by atoms with E-state index >= 15 is 0 Å². The van der Waals surface area contributed by atoms with Gasteiger partial charge in [0.15, 0.2) is 0 Å². The number of aromatic nitrogens is 5. The zero-order chi connectivity index (χ0) is 19.0. The van der Waals surface area contributed by atoms with E-state index in [1.165, 1.54) is 6.33 Å². The fourth-order valence-corrected chi connectivity index (χ4v) is 2.82. The lowest BCUT2D eigenvalue weighted by Gasteiger charge is -2.11. The Morgan fingerprint density at radius 2 is 2.04 bits per heavy atom. The summed E-state index contributed by atoms with van der Waals surface area (Å²) in [5, 5.41) is 7.56. The number of nitrogens with zero attached hydrogens (tertiary/aromatic N) is 5. The van der Waals surface area contributed by atoms with Gasteiger partial charge in [-0.1, -0.05) is 6.07 Å². The minimum Gasteiger partial charge on any atom is -0.480 e. The molecule has 0 radical (unpaired) electrons. The van der Waals surface area contributed by atoms with Crippen LogP contribution in [0.25, 0.3) is 27.5 Å². The van der Waals surface area contributed by atoms with Gasteiger partial charge in [-0.2, -0.15) is 0 Å². The molecule has 0 aliphatic heterocycles. The fourth-order valence-electron chi connectivity index (χ4n) is 2.82. The molecule has 1 aromatic carbocycles. The summed E-state index contributed by atoms with van der Waals surface area (Å²) in [5.74, 6) is -2.21. The number of nitrogens with one attached hydrogen (secondary N) is 1. The summed E-state index contributed by atoms with van der Waals surface area (Å²) < 4.78 is 32.9. The lowest BCUT2D eigenvalue weighted by molar-refractivity contribution is 0.0365. The molecular weight excluding hydrogens is 354 g/mol. The van der Waals surface area contributed by atoms with Crippen molar-refractivity contribution in [1.29, 1.82) is 0 Å². The first kappa shape index (κ1) is 17.1. The maximum atomic E-state index is 13.0. The average molecular weight is 370 g/mol. The Balaban J connectivity index is 1.73. The Labute approximate surface area is 153 Å². The molecule has 0 aliphatic carbocycles. The van der Waals surface area contributed by atoms with Crippen molar-refractivity contribution >= 4 is 22.4 Å². The number of fused-ring (bicyclic) bond motifs is 2. The number of halogens is 2. The molecule has 4 rings (SSSR count). The number of hydrogen-bond donors (Lipinski definition) is 1. The molecule has 7 nitrogen and oxygen atoms in total. The molecule has 27 heavy (non-hydrogen) atoms. The molecule has 0 saturated carbocycles. The molecule has 3 heterocycles. The molecule has 138 valence electrons. The average Bonchev–Trinajstić information content (AvgIpc) is 3.08. The van der Waals surface area contributed by atoms with E-state index in [1.807, 2.05) is 24.3 Å². The molecule has 0 saturated heterocycles. The van der Waals surface area contributed by atoms with Crippen LogP contribution in [0.1, 0.15) is 6.92 Å². The smallest absolute Gasteiger partial charge is 0.262 e. The Hall–Kier alpha value is -3.36. The van der Waals surface area contributed by atoms with Crippen LogP contribution in [0.2, 0.25) is 0 Å². The second-order valence-electron chi connectivity index (χ2n) is 6.18. The highest BCUT2D eigenvalue weighted by atomic mass is 19.3. The summed E-state index contributed by atoms with van der Waals surface area (Å²) in [6.45, 7) is 0.307. The third-order valence-electron chi connectivity index (χ3n) is 4.08. The Morgan fingerprint density at radius 1 is 1.19 bits per heavy atom.